The number of aliphatic carboxylic acids is 1. The fraction of sp³-hybridized carbons (Fsp3) is 0.367. The van der Waals surface area contributed by atoms with Crippen LogP contribution in [-0.2, 0) is 19.1 Å². The Kier molecular flexibility index (Phi) is 25.6. The lowest BCUT2D eigenvalue weighted by molar-refractivity contribution is -0.485. The Morgan fingerprint density at radius 1 is 1.00 bits per heavy atom. The van der Waals surface area contributed by atoms with Crippen LogP contribution in [0, 0.1) is 17.0 Å². The fourth-order valence-corrected chi connectivity index (χ4v) is 2.89. The molecule has 1 atom stereocenters. The van der Waals surface area contributed by atoms with E-state index in [9.17, 15) is 34.4 Å². The molecule has 0 radical (unpaired) electrons. The SMILES string of the molecule is C=CCOC.CC.Cc1ccccc1.N/C(=N/[N+](=O)[O-])NCCCC(NC(=O)CNC(=O)CNC(=O)c1ccccc1)C(=O)O. The molecule has 2 rings (SSSR count). The average Bonchev–Trinajstić information content (AvgIpc) is 3.02. The van der Waals surface area contributed by atoms with Crippen molar-refractivity contribution in [2.24, 2.45) is 10.8 Å². The summed E-state index contributed by atoms with van der Waals surface area (Å²) >= 11 is 0. The molecule has 2 aromatic carbocycles. The van der Waals surface area contributed by atoms with Crippen LogP contribution in [0.15, 0.2) is 78.4 Å². The third-order valence-corrected chi connectivity index (χ3v) is 4.91. The van der Waals surface area contributed by atoms with E-state index in [1.807, 2.05) is 32.0 Å². The van der Waals surface area contributed by atoms with Gasteiger partial charge in [0.25, 0.3) is 11.9 Å². The van der Waals surface area contributed by atoms with E-state index in [-0.39, 0.29) is 25.9 Å². The summed E-state index contributed by atoms with van der Waals surface area (Å²) in [6.07, 6.45) is 1.92. The molecule has 15 heteroatoms. The lowest BCUT2D eigenvalue weighted by Crippen LogP contribution is -2.47. The quantitative estimate of drug-likeness (QED) is 0.0442. The van der Waals surface area contributed by atoms with Gasteiger partial charge in [-0.05, 0) is 31.9 Å². The summed E-state index contributed by atoms with van der Waals surface area (Å²) in [7, 11) is 1.64. The molecule has 0 aromatic heterocycles. The van der Waals surface area contributed by atoms with Crippen molar-refractivity contribution in [1.82, 2.24) is 21.3 Å². The molecule has 7 N–H and O–H groups in total. The monoisotopic (exact) mass is 631 g/mol. The van der Waals surface area contributed by atoms with Gasteiger partial charge in [0.15, 0.2) is 5.03 Å². The highest BCUT2D eigenvalue weighted by atomic mass is 16.7. The Hall–Kier alpha value is -5.31. The smallest absolute Gasteiger partial charge is 0.326 e. The highest BCUT2D eigenvalue weighted by Crippen LogP contribution is 1.98. The van der Waals surface area contributed by atoms with E-state index in [1.54, 1.807) is 43.5 Å². The zero-order valence-corrected chi connectivity index (χ0v) is 26.2. The number of hydrogen-bond acceptors (Lipinski definition) is 7. The van der Waals surface area contributed by atoms with E-state index in [2.05, 4.69) is 56.7 Å². The number of nitro groups is 1. The standard InChI is InChI=1S/C17H23N7O7.C7H8.C4H8O.C2H6/c18-17(23-24(30)31)19-8-4-7-12(16(28)29)22-14(26)10-20-13(25)9-21-15(27)11-5-2-1-3-6-11;1-7-5-3-2-4-6-7;1-3-4-5-2;1-2/h1-3,5-6,12H,4,7-10H2,(H,20,25)(H,21,27)(H,22,26)(H,28,29)(H3,18,19,23);2-6H,1H3;3H,1,4H2,2H3;1-2H3. The van der Waals surface area contributed by atoms with Crippen LogP contribution in [0.2, 0.25) is 0 Å². The lowest BCUT2D eigenvalue weighted by Gasteiger charge is -2.15. The van der Waals surface area contributed by atoms with Crippen molar-refractivity contribution in [3.05, 3.63) is 94.6 Å². The molecule has 0 bridgehead atoms. The summed E-state index contributed by atoms with van der Waals surface area (Å²) in [4.78, 5) is 56.9. The van der Waals surface area contributed by atoms with Crippen molar-refractivity contribution in [1.29, 1.82) is 0 Å². The Morgan fingerprint density at radius 2 is 1.56 bits per heavy atom. The molecule has 45 heavy (non-hydrogen) atoms. The number of nitrogens with one attached hydrogen (secondary N) is 4. The molecule has 0 saturated heterocycles. The molecule has 0 heterocycles. The van der Waals surface area contributed by atoms with Crippen LogP contribution >= 0.6 is 0 Å². The van der Waals surface area contributed by atoms with Gasteiger partial charge in [-0.2, -0.15) is 0 Å². The number of amides is 3. The zero-order chi connectivity index (χ0) is 34.5. The van der Waals surface area contributed by atoms with Gasteiger partial charge < -0.3 is 36.8 Å². The summed E-state index contributed by atoms with van der Waals surface area (Å²) < 4.78 is 4.57. The number of nitrogens with zero attached hydrogens (tertiary/aromatic N) is 2. The van der Waals surface area contributed by atoms with Gasteiger partial charge in [-0.3, -0.25) is 14.4 Å². The number of hydrogen-bond donors (Lipinski definition) is 6. The van der Waals surface area contributed by atoms with Gasteiger partial charge >= 0.3 is 5.97 Å². The first-order chi connectivity index (χ1) is 21.5. The van der Waals surface area contributed by atoms with Crippen LogP contribution in [-0.4, -0.2) is 79.2 Å². The topological polar surface area (TPSA) is 227 Å². The Balaban J connectivity index is 0. The van der Waals surface area contributed by atoms with Gasteiger partial charge in [-0.15, -0.1) is 6.58 Å². The molecule has 0 aliphatic carbocycles. The predicted molar refractivity (Wildman–Crippen MR) is 172 cm³/mol. The number of benzene rings is 2. The number of guanidine groups is 1. The van der Waals surface area contributed by atoms with Crippen molar-refractivity contribution in [2.75, 3.05) is 33.4 Å². The number of aryl methyl sites for hydroxylation is 1. The minimum atomic E-state index is -1.29. The molecule has 0 saturated carbocycles. The molecule has 0 spiro atoms. The third kappa shape index (κ3) is 24.9. The molecule has 0 aliphatic rings. The first-order valence-corrected chi connectivity index (χ1v) is 14.0. The highest BCUT2D eigenvalue weighted by molar-refractivity contribution is 5.96. The van der Waals surface area contributed by atoms with Crippen molar-refractivity contribution in [3.8, 4) is 0 Å². The minimum absolute atomic E-state index is 0.000890. The maximum absolute atomic E-state index is 11.9. The molecule has 15 nitrogen and oxygen atoms in total. The molecule has 0 fully saturated rings. The van der Waals surface area contributed by atoms with E-state index in [0.717, 1.165) is 0 Å². The second-order valence-electron chi connectivity index (χ2n) is 8.47. The van der Waals surface area contributed by atoms with Gasteiger partial charge in [0.1, 0.15) is 11.1 Å². The van der Waals surface area contributed by atoms with Crippen LogP contribution in [0.5, 0.6) is 0 Å². The normalized spacial score (nSPS) is 10.4. The van der Waals surface area contributed by atoms with Crippen LogP contribution < -0.4 is 27.0 Å². The summed E-state index contributed by atoms with van der Waals surface area (Å²) in [6, 6.07) is 17.3. The second kappa shape index (κ2) is 27.5. The van der Waals surface area contributed by atoms with Crippen molar-refractivity contribution >= 4 is 29.7 Å². The summed E-state index contributed by atoms with van der Waals surface area (Å²) in [6.45, 7) is 9.42. The largest absolute Gasteiger partial charge is 0.480 e. The number of nitrogens with two attached hydrogens (primary N) is 1. The maximum atomic E-state index is 11.9. The molecule has 1 unspecified atom stereocenters. The number of carbonyl (C=O) groups is 4. The zero-order valence-electron chi connectivity index (χ0n) is 26.2. The van der Waals surface area contributed by atoms with Gasteiger partial charge in [-0.1, -0.05) is 74.0 Å². The maximum Gasteiger partial charge on any atom is 0.326 e. The molecular formula is C30H45N7O8. The average molecular weight is 632 g/mol. The van der Waals surface area contributed by atoms with E-state index >= 15 is 0 Å². The molecule has 2 aromatic rings. The van der Waals surface area contributed by atoms with Crippen LogP contribution in [0.4, 0.5) is 0 Å². The number of carboxylic acid groups (broad SMARTS) is 1. The second-order valence-corrected chi connectivity index (χ2v) is 8.47. The predicted octanol–water partition coefficient (Wildman–Crippen LogP) is 1.82. The Bertz CT molecular complexity index is 1180. The van der Waals surface area contributed by atoms with Gasteiger partial charge in [0.05, 0.1) is 19.7 Å². The minimum Gasteiger partial charge on any atom is -0.480 e. The van der Waals surface area contributed by atoms with Crippen molar-refractivity contribution in [2.45, 2.75) is 39.7 Å². The van der Waals surface area contributed by atoms with Crippen LogP contribution in [0.3, 0.4) is 0 Å². The Morgan fingerprint density at radius 3 is 2.00 bits per heavy atom. The Labute approximate surface area is 263 Å². The van der Waals surface area contributed by atoms with E-state index in [0.29, 0.717) is 12.2 Å². The van der Waals surface area contributed by atoms with E-state index in [4.69, 9.17) is 5.73 Å². The number of methoxy groups -OCH3 is 1. The number of carboxylic acids is 1. The van der Waals surface area contributed by atoms with Gasteiger partial charge in [0.2, 0.25) is 11.8 Å². The van der Waals surface area contributed by atoms with Crippen molar-refractivity contribution in [3.63, 3.8) is 0 Å². The van der Waals surface area contributed by atoms with E-state index in [1.165, 1.54) is 5.56 Å². The number of rotatable bonds is 14. The highest BCUT2D eigenvalue weighted by Gasteiger charge is 2.20. The first-order valence-electron chi connectivity index (χ1n) is 14.0. The number of carbonyl (C=O) groups excluding carboxylic acids is 3. The third-order valence-electron chi connectivity index (χ3n) is 4.91. The molecule has 248 valence electrons. The number of hydrazone groups is 1. The summed E-state index contributed by atoms with van der Waals surface area (Å²) in [5, 5.41) is 30.5. The summed E-state index contributed by atoms with van der Waals surface area (Å²) in [5.41, 5.74) is 6.92. The molecule has 3 amide bonds. The van der Waals surface area contributed by atoms with Crippen LogP contribution in [0.1, 0.15) is 42.6 Å². The molecular weight excluding hydrogens is 586 g/mol. The van der Waals surface area contributed by atoms with Gasteiger partial charge in [0, 0.05) is 19.2 Å². The fourth-order valence-electron chi connectivity index (χ4n) is 2.89. The summed E-state index contributed by atoms with van der Waals surface area (Å²) in [5.74, 6) is -3.54. The lowest BCUT2D eigenvalue weighted by atomic mass is 10.1. The van der Waals surface area contributed by atoms with Crippen LogP contribution in [0.25, 0.3) is 0 Å². The number of ether oxygens (including phenoxy) is 1. The van der Waals surface area contributed by atoms with E-state index < -0.39 is 47.3 Å². The van der Waals surface area contributed by atoms with Gasteiger partial charge in [-0.25, -0.2) is 14.9 Å². The first kappa shape index (κ1) is 41.8. The van der Waals surface area contributed by atoms with Crippen molar-refractivity contribution < 1.29 is 34.1 Å². The molecule has 0 aliphatic heterocycles.